The minimum absolute atomic E-state index is 0.0916. The molecule has 5 rings (SSSR count). The summed E-state index contributed by atoms with van der Waals surface area (Å²) >= 11 is 0. The van der Waals surface area contributed by atoms with Crippen LogP contribution >= 0.6 is 8.53 Å². The summed E-state index contributed by atoms with van der Waals surface area (Å²) in [5, 5.41) is 11.6. The first-order chi connectivity index (χ1) is 31.5. The van der Waals surface area contributed by atoms with Crippen LogP contribution < -0.4 is 19.7 Å². The Kier molecular flexibility index (Phi) is 19.9. The SMILES string of the molecule is [C-]#[N+]CCOP(OC(COCCCNC(=O)c1ccc(/N=N/c2ccc(N(C)C)cc2)cc1)COC(c1ccccc1)(c1ccc(OC)cc1)c1ccc(OC)cc1)N(C(C)C)C(C)C. The van der Waals surface area contributed by atoms with Crippen LogP contribution in [0.5, 0.6) is 11.5 Å². The number of hydrogen-bond acceptors (Lipinski definition) is 11. The van der Waals surface area contributed by atoms with E-state index < -0.39 is 20.2 Å². The van der Waals surface area contributed by atoms with Crippen LogP contribution in [0.15, 0.2) is 138 Å². The summed E-state index contributed by atoms with van der Waals surface area (Å²) in [6, 6.07) is 40.9. The third-order valence-corrected chi connectivity index (χ3v) is 12.6. The van der Waals surface area contributed by atoms with Crippen LogP contribution in [0.25, 0.3) is 4.85 Å². The van der Waals surface area contributed by atoms with Gasteiger partial charge in [0.05, 0.1) is 38.8 Å². The Balaban J connectivity index is 1.32. The Morgan fingerprint density at radius 2 is 1.26 bits per heavy atom. The van der Waals surface area contributed by atoms with Gasteiger partial charge in [-0.1, -0.05) is 54.6 Å². The molecule has 0 saturated heterocycles. The van der Waals surface area contributed by atoms with Crippen molar-refractivity contribution in [1.82, 2.24) is 9.99 Å². The number of benzene rings is 5. The quantitative estimate of drug-likeness (QED) is 0.0190. The largest absolute Gasteiger partial charge is 0.497 e. The molecule has 1 amide bonds. The minimum Gasteiger partial charge on any atom is -0.497 e. The molecule has 0 aromatic heterocycles. The number of ether oxygens (including phenoxy) is 4. The molecule has 1 N–H and O–H groups in total. The van der Waals surface area contributed by atoms with Crippen molar-refractivity contribution in [2.24, 2.45) is 10.2 Å². The maximum Gasteiger partial charge on any atom is 0.259 e. The Bertz CT molecular complexity index is 2180. The summed E-state index contributed by atoms with van der Waals surface area (Å²) in [4.78, 5) is 18.6. The van der Waals surface area contributed by atoms with Crippen LogP contribution in [-0.4, -0.2) is 96.6 Å². The average molecular weight is 903 g/mol. The standard InChI is InChI=1S/C51H63N6O7P/c1-38(2)57(39(3)4)65(63-35-33-52-5)64-49(36-61-34-13-32-53-50(58)40-16-22-44(23-17-40)54-55-45-24-26-46(27-25-45)56(6)7)37-62-51(41-14-11-10-12-15-41,42-18-28-47(59-8)29-19-42)43-20-30-48(60-9)31-21-43/h10-12,14-31,38-39,49H,13,32-37H2,1-4,6-9H3,(H,53,58)/b55-54+. The zero-order valence-corrected chi connectivity index (χ0v) is 39.7. The van der Waals surface area contributed by atoms with Crippen molar-refractivity contribution in [2.75, 3.05) is 72.7 Å². The van der Waals surface area contributed by atoms with Gasteiger partial charge in [-0.05, 0) is 124 Å². The zero-order chi connectivity index (χ0) is 46.6. The number of carbonyl (C=O) groups excluding carboxylic acids is 1. The van der Waals surface area contributed by atoms with Crippen molar-refractivity contribution in [3.63, 3.8) is 0 Å². The third-order valence-electron chi connectivity index (χ3n) is 10.4. The minimum atomic E-state index is -1.63. The van der Waals surface area contributed by atoms with Gasteiger partial charge < -0.3 is 43.1 Å². The van der Waals surface area contributed by atoms with Crippen LogP contribution in [0.4, 0.5) is 17.1 Å². The van der Waals surface area contributed by atoms with E-state index in [-0.39, 0.29) is 44.4 Å². The van der Waals surface area contributed by atoms with Crippen molar-refractivity contribution >= 4 is 31.5 Å². The molecule has 344 valence electrons. The van der Waals surface area contributed by atoms with E-state index in [2.05, 4.69) is 64.9 Å². The van der Waals surface area contributed by atoms with Gasteiger partial charge in [0.2, 0.25) is 6.54 Å². The molecule has 14 heteroatoms. The highest BCUT2D eigenvalue weighted by atomic mass is 31.2. The first-order valence-electron chi connectivity index (χ1n) is 21.8. The molecule has 0 aliphatic rings. The molecule has 0 saturated carbocycles. The van der Waals surface area contributed by atoms with E-state index in [9.17, 15) is 4.79 Å². The Morgan fingerprint density at radius 3 is 1.77 bits per heavy atom. The fourth-order valence-electron chi connectivity index (χ4n) is 7.12. The molecule has 13 nitrogen and oxygen atoms in total. The van der Waals surface area contributed by atoms with Gasteiger partial charge in [-0.2, -0.15) is 10.2 Å². The molecule has 0 aliphatic carbocycles. The van der Waals surface area contributed by atoms with Gasteiger partial charge in [-0.15, -0.1) is 0 Å². The van der Waals surface area contributed by atoms with Crippen molar-refractivity contribution in [3.05, 3.63) is 161 Å². The van der Waals surface area contributed by atoms with Crippen LogP contribution in [0.3, 0.4) is 0 Å². The summed E-state index contributed by atoms with van der Waals surface area (Å²) in [6.07, 6.45) is -0.0409. The highest BCUT2D eigenvalue weighted by Gasteiger charge is 2.40. The summed E-state index contributed by atoms with van der Waals surface area (Å²) in [7, 11) is 5.63. The van der Waals surface area contributed by atoms with E-state index in [0.29, 0.717) is 30.8 Å². The number of carbonyl (C=O) groups is 1. The average Bonchev–Trinajstić information content (AvgIpc) is 3.32. The highest BCUT2D eigenvalue weighted by Crippen LogP contribution is 2.48. The van der Waals surface area contributed by atoms with E-state index in [1.54, 1.807) is 38.5 Å². The molecule has 0 aliphatic heterocycles. The second-order valence-corrected chi connectivity index (χ2v) is 17.3. The van der Waals surface area contributed by atoms with E-state index in [1.165, 1.54) is 0 Å². The first-order valence-corrected chi connectivity index (χ1v) is 23.0. The molecule has 5 aromatic rings. The smallest absolute Gasteiger partial charge is 0.259 e. The van der Waals surface area contributed by atoms with Gasteiger partial charge in [0.25, 0.3) is 14.4 Å². The molecule has 5 aromatic carbocycles. The lowest BCUT2D eigenvalue weighted by atomic mass is 9.80. The molecule has 0 bridgehead atoms. The predicted octanol–water partition coefficient (Wildman–Crippen LogP) is 11.0. The predicted molar refractivity (Wildman–Crippen MR) is 259 cm³/mol. The summed E-state index contributed by atoms with van der Waals surface area (Å²) in [6.45, 7) is 17.3. The van der Waals surface area contributed by atoms with Crippen molar-refractivity contribution in [1.29, 1.82) is 0 Å². The van der Waals surface area contributed by atoms with Gasteiger partial charge in [0.15, 0.2) is 0 Å². The van der Waals surface area contributed by atoms with Gasteiger partial charge >= 0.3 is 0 Å². The van der Waals surface area contributed by atoms with Crippen LogP contribution in [0, 0.1) is 6.57 Å². The molecule has 0 spiro atoms. The van der Waals surface area contributed by atoms with Gasteiger partial charge in [-0.25, -0.2) is 11.2 Å². The fourth-order valence-corrected chi connectivity index (χ4v) is 8.80. The topological polar surface area (TPSA) is 120 Å². The number of amides is 1. The van der Waals surface area contributed by atoms with E-state index in [0.717, 1.165) is 39.6 Å². The van der Waals surface area contributed by atoms with Gasteiger partial charge in [0, 0.05) is 50.6 Å². The number of rotatable bonds is 26. The lowest BCUT2D eigenvalue weighted by molar-refractivity contribution is -0.0589. The third kappa shape index (κ3) is 14.4. The number of azo groups is 1. The monoisotopic (exact) mass is 902 g/mol. The lowest BCUT2D eigenvalue weighted by Crippen LogP contribution is -2.39. The molecule has 2 unspecified atom stereocenters. The van der Waals surface area contributed by atoms with Crippen molar-refractivity contribution < 1.29 is 32.8 Å². The zero-order valence-electron chi connectivity index (χ0n) is 38.8. The second kappa shape index (κ2) is 25.7. The molecular formula is C51H63N6O7P. The Labute approximate surface area is 386 Å². The Hall–Kier alpha value is -5.71. The summed E-state index contributed by atoms with van der Waals surface area (Å²) in [5.41, 5.74) is 4.59. The van der Waals surface area contributed by atoms with Gasteiger partial charge in [-0.3, -0.25) is 4.79 Å². The van der Waals surface area contributed by atoms with Crippen LogP contribution in [0.2, 0.25) is 0 Å². The lowest BCUT2D eigenvalue weighted by Gasteiger charge is -2.39. The molecule has 0 heterocycles. The number of anilines is 1. The van der Waals surface area contributed by atoms with Crippen molar-refractivity contribution in [3.8, 4) is 11.5 Å². The van der Waals surface area contributed by atoms with Crippen molar-refractivity contribution in [2.45, 2.75) is 57.9 Å². The second-order valence-electron chi connectivity index (χ2n) is 15.9. The molecule has 65 heavy (non-hydrogen) atoms. The number of methoxy groups -OCH3 is 2. The van der Waals surface area contributed by atoms with E-state index in [1.807, 2.05) is 110 Å². The molecule has 0 fully saturated rings. The molecule has 0 radical (unpaired) electrons. The Morgan fingerprint density at radius 1 is 0.723 bits per heavy atom. The molecular weight excluding hydrogens is 840 g/mol. The van der Waals surface area contributed by atoms with E-state index >= 15 is 0 Å². The summed E-state index contributed by atoms with van der Waals surface area (Å²) < 4.78 is 40.2. The van der Waals surface area contributed by atoms with E-state index in [4.69, 9.17) is 34.6 Å². The fraction of sp³-hybridized carbons (Fsp3) is 0.373. The normalized spacial score (nSPS) is 12.6. The molecule has 2 atom stereocenters. The first kappa shape index (κ1) is 50.3. The maximum atomic E-state index is 13.1. The van der Waals surface area contributed by atoms with Crippen LogP contribution in [0.1, 0.15) is 61.2 Å². The van der Waals surface area contributed by atoms with Crippen LogP contribution in [-0.2, 0) is 24.1 Å². The number of hydrogen-bond donors (Lipinski definition) is 1. The number of nitrogens with zero attached hydrogens (tertiary/aromatic N) is 5. The summed E-state index contributed by atoms with van der Waals surface area (Å²) in [5.74, 6) is 1.25. The van der Waals surface area contributed by atoms with Gasteiger partial charge in [0.1, 0.15) is 29.8 Å². The number of nitrogens with one attached hydrogen (secondary N) is 1. The maximum absolute atomic E-state index is 13.1. The highest BCUT2D eigenvalue weighted by molar-refractivity contribution is 7.44.